The number of benzene rings is 3. The lowest BCUT2D eigenvalue weighted by molar-refractivity contribution is 0.370. The van der Waals surface area contributed by atoms with Crippen LogP contribution in [-0.2, 0) is 20.0 Å². The summed E-state index contributed by atoms with van der Waals surface area (Å²) in [5.41, 5.74) is 2.97. The fourth-order valence-corrected chi connectivity index (χ4v) is 6.21. The number of ether oxygens (including phenoxy) is 1. The summed E-state index contributed by atoms with van der Waals surface area (Å²) in [6.07, 6.45) is 0.321. The van der Waals surface area contributed by atoms with Crippen LogP contribution in [0.15, 0.2) is 82.8 Å². The van der Waals surface area contributed by atoms with E-state index in [-0.39, 0.29) is 10.6 Å². The van der Waals surface area contributed by atoms with Crippen LogP contribution >= 0.6 is 0 Å². The van der Waals surface area contributed by atoms with Gasteiger partial charge in [0.05, 0.1) is 29.5 Å². The van der Waals surface area contributed by atoms with Crippen molar-refractivity contribution in [2.75, 3.05) is 17.6 Å². The maximum absolute atomic E-state index is 13.7. The Hall–Kier alpha value is -3.37. The van der Waals surface area contributed by atoms with Crippen molar-refractivity contribution in [3.63, 3.8) is 0 Å². The van der Waals surface area contributed by atoms with Gasteiger partial charge in [0.1, 0.15) is 5.75 Å². The van der Waals surface area contributed by atoms with Crippen LogP contribution in [0.3, 0.4) is 0 Å². The molecule has 0 aliphatic carbocycles. The molecule has 0 aromatic heterocycles. The lowest BCUT2D eigenvalue weighted by Gasteiger charge is -2.24. The summed E-state index contributed by atoms with van der Waals surface area (Å²) in [7, 11) is -5.85. The van der Waals surface area contributed by atoms with E-state index in [4.69, 9.17) is 4.74 Å². The first-order valence-corrected chi connectivity index (χ1v) is 14.2. The molecule has 184 valence electrons. The van der Waals surface area contributed by atoms with Crippen LogP contribution in [0.2, 0.25) is 0 Å². The Bertz CT molecular complexity index is 1470. The van der Waals surface area contributed by atoms with Gasteiger partial charge in [-0.25, -0.2) is 8.42 Å². The largest absolute Gasteiger partial charge is 0.497 e. The van der Waals surface area contributed by atoms with Gasteiger partial charge in [-0.3, -0.25) is 4.72 Å². The second-order valence-electron chi connectivity index (χ2n) is 8.17. The topological polar surface area (TPSA) is 105 Å². The Morgan fingerprint density at radius 1 is 1.00 bits per heavy atom. The van der Waals surface area contributed by atoms with Gasteiger partial charge in [0, 0.05) is 12.1 Å². The molecule has 1 N–H and O–H groups in total. The zero-order valence-corrected chi connectivity index (χ0v) is 21.3. The summed E-state index contributed by atoms with van der Waals surface area (Å²) in [6, 6.07) is 20.3. The van der Waals surface area contributed by atoms with Crippen molar-refractivity contribution in [2.45, 2.75) is 31.2 Å². The first-order chi connectivity index (χ1) is 16.6. The van der Waals surface area contributed by atoms with E-state index in [1.54, 1.807) is 81.6 Å². The van der Waals surface area contributed by atoms with Gasteiger partial charge < -0.3 is 4.74 Å². The predicted octanol–water partition coefficient (Wildman–Crippen LogP) is 4.31. The van der Waals surface area contributed by atoms with Crippen LogP contribution in [0, 0.1) is 6.92 Å². The lowest BCUT2D eigenvalue weighted by Crippen LogP contribution is -2.27. The number of nitrogens with one attached hydrogen (secondary N) is 1. The van der Waals surface area contributed by atoms with E-state index >= 15 is 0 Å². The summed E-state index contributed by atoms with van der Waals surface area (Å²) in [5, 5.41) is 4.56. The maximum atomic E-state index is 13.7. The van der Waals surface area contributed by atoms with Crippen LogP contribution in [-0.4, -0.2) is 39.8 Å². The van der Waals surface area contributed by atoms with Gasteiger partial charge in [0.25, 0.3) is 10.0 Å². The maximum Gasteiger partial charge on any atom is 0.279 e. The number of anilines is 1. The summed E-state index contributed by atoms with van der Waals surface area (Å²) in [4.78, 5) is 0.188. The molecule has 3 aromatic rings. The second kappa shape index (κ2) is 9.71. The van der Waals surface area contributed by atoms with E-state index in [9.17, 15) is 16.8 Å². The third-order valence-corrected chi connectivity index (χ3v) is 8.99. The van der Waals surface area contributed by atoms with Crippen molar-refractivity contribution in [3.8, 4) is 5.75 Å². The van der Waals surface area contributed by atoms with Crippen molar-refractivity contribution in [2.24, 2.45) is 5.10 Å². The standard InChI is InChI=1S/C25H27N3O5S2/c1-4-34(29,30)27-21-10-7-9-20(16-21)23-17-24(19-12-14-22(33-3)15-13-19)28(26-23)35(31,32)25-11-6-5-8-18(25)2/h5-16,24,27H,4,17H2,1-3H3/t24-/m0/s1. The molecule has 35 heavy (non-hydrogen) atoms. The van der Waals surface area contributed by atoms with E-state index in [2.05, 4.69) is 9.82 Å². The van der Waals surface area contributed by atoms with Gasteiger partial charge >= 0.3 is 0 Å². The fraction of sp³-hybridized carbons (Fsp3) is 0.240. The molecule has 8 nitrogen and oxygen atoms in total. The van der Waals surface area contributed by atoms with Gasteiger partial charge in [0.2, 0.25) is 10.0 Å². The SMILES string of the molecule is CCS(=O)(=O)Nc1cccc(C2=NN(S(=O)(=O)c3ccccc3C)[C@H](c3ccc(OC)cc3)C2)c1. The van der Waals surface area contributed by atoms with Crippen molar-refractivity contribution in [1.82, 2.24) is 4.41 Å². The highest BCUT2D eigenvalue weighted by atomic mass is 32.2. The highest BCUT2D eigenvalue weighted by Gasteiger charge is 2.38. The van der Waals surface area contributed by atoms with Crippen LogP contribution in [0.25, 0.3) is 0 Å². The molecule has 1 atom stereocenters. The van der Waals surface area contributed by atoms with Crippen molar-refractivity contribution < 1.29 is 21.6 Å². The molecule has 10 heteroatoms. The Labute approximate surface area is 206 Å². The second-order valence-corrected chi connectivity index (χ2v) is 11.9. The molecule has 0 saturated carbocycles. The third kappa shape index (κ3) is 5.18. The molecule has 1 heterocycles. The zero-order chi connectivity index (χ0) is 25.2. The fourth-order valence-electron chi connectivity index (χ4n) is 3.92. The minimum Gasteiger partial charge on any atom is -0.497 e. The number of sulfonamides is 2. The van der Waals surface area contributed by atoms with E-state index in [1.165, 1.54) is 0 Å². The minimum atomic E-state index is -3.96. The number of aryl methyl sites for hydroxylation is 1. The van der Waals surface area contributed by atoms with Gasteiger partial charge in [-0.05, 0) is 60.9 Å². The van der Waals surface area contributed by atoms with Crippen LogP contribution in [0.4, 0.5) is 5.69 Å². The van der Waals surface area contributed by atoms with Crippen LogP contribution in [0.1, 0.15) is 36.1 Å². The molecule has 0 amide bonds. The smallest absolute Gasteiger partial charge is 0.279 e. The summed E-state index contributed by atoms with van der Waals surface area (Å²) >= 11 is 0. The van der Waals surface area contributed by atoms with Gasteiger partial charge in [0.15, 0.2) is 0 Å². The molecule has 4 rings (SSSR count). The average Bonchev–Trinajstić information content (AvgIpc) is 3.31. The van der Waals surface area contributed by atoms with Crippen LogP contribution < -0.4 is 9.46 Å². The molecular weight excluding hydrogens is 486 g/mol. The Morgan fingerprint density at radius 2 is 1.71 bits per heavy atom. The number of hydrogen-bond donors (Lipinski definition) is 1. The molecule has 1 aliphatic heterocycles. The monoisotopic (exact) mass is 513 g/mol. The number of methoxy groups -OCH3 is 1. The highest BCUT2D eigenvalue weighted by molar-refractivity contribution is 7.92. The number of rotatable bonds is 8. The predicted molar refractivity (Wildman–Crippen MR) is 137 cm³/mol. The van der Waals surface area contributed by atoms with Gasteiger partial charge in [-0.15, -0.1) is 0 Å². The molecular formula is C25H27N3O5S2. The first-order valence-electron chi connectivity index (χ1n) is 11.1. The number of hydrazone groups is 1. The molecule has 0 radical (unpaired) electrons. The summed E-state index contributed by atoms with van der Waals surface area (Å²) in [5.74, 6) is 0.609. The van der Waals surface area contributed by atoms with Crippen molar-refractivity contribution in [1.29, 1.82) is 0 Å². The Balaban J connectivity index is 1.78. The zero-order valence-electron chi connectivity index (χ0n) is 19.7. The molecule has 1 aliphatic rings. The molecule has 3 aromatic carbocycles. The Morgan fingerprint density at radius 3 is 2.37 bits per heavy atom. The summed E-state index contributed by atoms with van der Waals surface area (Å²) < 4.78 is 60.5. The van der Waals surface area contributed by atoms with E-state index in [0.29, 0.717) is 34.7 Å². The number of nitrogens with zero attached hydrogens (tertiary/aromatic N) is 2. The van der Waals surface area contributed by atoms with Crippen molar-refractivity contribution >= 4 is 31.4 Å². The van der Waals surface area contributed by atoms with E-state index in [0.717, 1.165) is 9.98 Å². The molecule has 0 saturated heterocycles. The highest BCUT2D eigenvalue weighted by Crippen LogP contribution is 2.38. The quantitative estimate of drug-likeness (QED) is 0.483. The molecule has 0 bridgehead atoms. The summed E-state index contributed by atoms with van der Waals surface area (Å²) in [6.45, 7) is 3.31. The van der Waals surface area contributed by atoms with Crippen LogP contribution in [0.5, 0.6) is 5.75 Å². The average molecular weight is 514 g/mol. The minimum absolute atomic E-state index is 0.0554. The first kappa shape index (κ1) is 24.7. The third-order valence-electron chi connectivity index (χ3n) is 5.84. The van der Waals surface area contributed by atoms with E-state index in [1.807, 2.05) is 12.1 Å². The molecule has 0 unspecified atom stereocenters. The number of hydrogen-bond acceptors (Lipinski definition) is 6. The van der Waals surface area contributed by atoms with Gasteiger partial charge in [-0.1, -0.05) is 42.5 Å². The lowest BCUT2D eigenvalue weighted by atomic mass is 9.99. The van der Waals surface area contributed by atoms with Crippen molar-refractivity contribution in [3.05, 3.63) is 89.5 Å². The Kier molecular flexibility index (Phi) is 6.86. The molecule has 0 spiro atoms. The normalized spacial score (nSPS) is 16.1. The van der Waals surface area contributed by atoms with E-state index < -0.39 is 26.1 Å². The van der Waals surface area contributed by atoms with Gasteiger partial charge in [-0.2, -0.15) is 17.9 Å². The molecule has 0 fully saturated rings.